The van der Waals surface area contributed by atoms with Crippen LogP contribution in [0.4, 0.5) is 0 Å². The maximum Gasteiger partial charge on any atom is 0.206 e. The first-order valence-corrected chi connectivity index (χ1v) is 20.7. The molecule has 0 unspecified atom stereocenters. The standard InChI is InChI=1S/C52H38O6S/c1-35-11-13-36(14-12-35)51(53)37-15-21-41(22-16-37)57-43-27-31-45(32-28-43)59(54,55)46-33-29-44(30-34-46)58-42-25-19-39(20-26-42)52(38-17-23-40(56-2)24-18-38)49-9-5-3-7-47(49)48-8-4-6-10-50(48)52/h3-34H,1-2H3. The molecule has 0 amide bonds. The zero-order valence-electron chi connectivity index (χ0n) is 32.3. The first kappa shape index (κ1) is 37.4. The van der Waals surface area contributed by atoms with E-state index < -0.39 is 15.3 Å². The summed E-state index contributed by atoms with van der Waals surface area (Å²) in [6, 6.07) is 60.5. The summed E-state index contributed by atoms with van der Waals surface area (Å²) in [5, 5.41) is 0. The van der Waals surface area contributed by atoms with Crippen LogP contribution in [-0.2, 0) is 15.3 Å². The Morgan fingerprint density at radius 3 is 1.22 bits per heavy atom. The number of rotatable bonds is 11. The van der Waals surface area contributed by atoms with Crippen LogP contribution < -0.4 is 14.2 Å². The van der Waals surface area contributed by atoms with Crippen molar-refractivity contribution in [1.82, 2.24) is 0 Å². The number of hydrogen-bond acceptors (Lipinski definition) is 6. The summed E-state index contributed by atoms with van der Waals surface area (Å²) in [5.74, 6) is 2.84. The predicted molar refractivity (Wildman–Crippen MR) is 230 cm³/mol. The van der Waals surface area contributed by atoms with Crippen LogP contribution in [0.25, 0.3) is 11.1 Å². The average Bonchev–Trinajstić information content (AvgIpc) is 3.58. The minimum absolute atomic E-state index is 0.0726. The molecule has 1 aliphatic carbocycles. The summed E-state index contributed by atoms with van der Waals surface area (Å²) in [7, 11) is -2.15. The Bertz CT molecular complexity index is 2860. The highest BCUT2D eigenvalue weighted by Gasteiger charge is 2.45. The number of fused-ring (bicyclic) bond motifs is 3. The lowest BCUT2D eigenvalue weighted by Gasteiger charge is -2.34. The first-order valence-electron chi connectivity index (χ1n) is 19.2. The molecular formula is C52H38O6S. The Morgan fingerprint density at radius 1 is 0.441 bits per heavy atom. The fourth-order valence-corrected chi connectivity index (χ4v) is 9.23. The molecule has 0 radical (unpaired) electrons. The molecule has 59 heavy (non-hydrogen) atoms. The lowest BCUT2D eigenvalue weighted by atomic mass is 9.68. The number of carbonyl (C=O) groups is 1. The molecule has 0 saturated carbocycles. The van der Waals surface area contributed by atoms with E-state index in [0.29, 0.717) is 34.1 Å². The van der Waals surface area contributed by atoms with Gasteiger partial charge in [0.15, 0.2) is 5.78 Å². The van der Waals surface area contributed by atoms with E-state index in [-0.39, 0.29) is 15.6 Å². The largest absolute Gasteiger partial charge is 0.497 e. The van der Waals surface area contributed by atoms with Crippen LogP contribution in [-0.4, -0.2) is 21.3 Å². The maximum absolute atomic E-state index is 13.6. The van der Waals surface area contributed by atoms with Gasteiger partial charge in [-0.3, -0.25) is 4.79 Å². The molecular weight excluding hydrogens is 753 g/mol. The van der Waals surface area contributed by atoms with Crippen LogP contribution in [0.2, 0.25) is 0 Å². The molecule has 9 rings (SSSR count). The summed E-state index contributed by atoms with van der Waals surface area (Å²) < 4.78 is 44.9. The van der Waals surface area contributed by atoms with Gasteiger partial charge < -0.3 is 14.2 Å². The lowest BCUT2D eigenvalue weighted by Crippen LogP contribution is -2.28. The van der Waals surface area contributed by atoms with E-state index in [4.69, 9.17) is 14.2 Å². The summed E-state index contributed by atoms with van der Waals surface area (Å²) in [6.45, 7) is 1.98. The van der Waals surface area contributed by atoms with Gasteiger partial charge in [-0.2, -0.15) is 0 Å². The first-order chi connectivity index (χ1) is 28.7. The summed E-state index contributed by atoms with van der Waals surface area (Å²) in [6.07, 6.45) is 0. The van der Waals surface area contributed by atoms with E-state index >= 15 is 0 Å². The van der Waals surface area contributed by atoms with Crippen LogP contribution in [0.5, 0.6) is 28.7 Å². The third kappa shape index (κ3) is 6.85. The molecule has 288 valence electrons. The second kappa shape index (κ2) is 15.3. The Labute approximate surface area is 343 Å². The van der Waals surface area contributed by atoms with Crippen molar-refractivity contribution in [3.8, 4) is 39.9 Å². The number of ketones is 1. The minimum Gasteiger partial charge on any atom is -0.497 e. The maximum atomic E-state index is 13.6. The van der Waals surface area contributed by atoms with Crippen molar-refractivity contribution in [3.63, 3.8) is 0 Å². The molecule has 8 aromatic rings. The Kier molecular flexibility index (Phi) is 9.67. The van der Waals surface area contributed by atoms with Crippen LogP contribution in [0.3, 0.4) is 0 Å². The van der Waals surface area contributed by atoms with Crippen LogP contribution in [0.15, 0.2) is 204 Å². The Morgan fingerprint density at radius 2 is 0.797 bits per heavy atom. The van der Waals surface area contributed by atoms with Gasteiger partial charge in [-0.1, -0.05) is 103 Å². The normalized spacial score (nSPS) is 12.6. The minimum atomic E-state index is -3.82. The van der Waals surface area contributed by atoms with Gasteiger partial charge >= 0.3 is 0 Å². The monoisotopic (exact) mass is 790 g/mol. The third-order valence-electron chi connectivity index (χ3n) is 10.9. The van der Waals surface area contributed by atoms with E-state index in [1.54, 1.807) is 67.8 Å². The number of methoxy groups -OCH3 is 1. The zero-order valence-corrected chi connectivity index (χ0v) is 33.1. The van der Waals surface area contributed by atoms with Gasteiger partial charge in [-0.15, -0.1) is 0 Å². The molecule has 0 atom stereocenters. The molecule has 0 aromatic heterocycles. The van der Waals surface area contributed by atoms with E-state index in [0.717, 1.165) is 22.4 Å². The Hall–Kier alpha value is -7.22. The smallest absolute Gasteiger partial charge is 0.206 e. The Balaban J connectivity index is 0.906. The molecule has 0 heterocycles. The summed E-state index contributed by atoms with van der Waals surface area (Å²) in [4.78, 5) is 13.1. The van der Waals surface area contributed by atoms with E-state index in [1.165, 1.54) is 34.4 Å². The molecule has 6 nitrogen and oxygen atoms in total. The van der Waals surface area contributed by atoms with Crippen molar-refractivity contribution >= 4 is 15.6 Å². The summed E-state index contributed by atoms with van der Waals surface area (Å²) >= 11 is 0. The van der Waals surface area contributed by atoms with E-state index in [9.17, 15) is 13.2 Å². The molecule has 0 saturated heterocycles. The van der Waals surface area contributed by atoms with Gasteiger partial charge in [0.2, 0.25) is 9.84 Å². The number of sulfone groups is 1. The van der Waals surface area contributed by atoms with Gasteiger partial charge in [0, 0.05) is 11.1 Å². The van der Waals surface area contributed by atoms with E-state index in [2.05, 4.69) is 72.8 Å². The second-order valence-electron chi connectivity index (χ2n) is 14.5. The quantitative estimate of drug-likeness (QED) is 0.121. The molecule has 0 spiro atoms. The summed E-state index contributed by atoms with van der Waals surface area (Å²) in [5.41, 5.74) is 8.72. The van der Waals surface area contributed by atoms with E-state index in [1.807, 2.05) is 55.5 Å². The van der Waals surface area contributed by atoms with Crippen molar-refractivity contribution in [2.45, 2.75) is 22.1 Å². The molecule has 0 aliphatic heterocycles. The predicted octanol–water partition coefficient (Wildman–Crippen LogP) is 12.0. The van der Waals surface area contributed by atoms with Crippen molar-refractivity contribution in [3.05, 3.63) is 233 Å². The van der Waals surface area contributed by atoms with Gasteiger partial charge in [-0.25, -0.2) is 8.42 Å². The van der Waals surface area contributed by atoms with Crippen LogP contribution in [0, 0.1) is 6.92 Å². The lowest BCUT2D eigenvalue weighted by molar-refractivity contribution is 0.103. The average molecular weight is 791 g/mol. The van der Waals surface area contributed by atoms with Crippen LogP contribution in [0.1, 0.15) is 43.7 Å². The topological polar surface area (TPSA) is 78.9 Å². The van der Waals surface area contributed by atoms with Gasteiger partial charge in [-0.05, 0) is 137 Å². The van der Waals surface area contributed by atoms with Crippen molar-refractivity contribution in [2.75, 3.05) is 7.11 Å². The third-order valence-corrected chi connectivity index (χ3v) is 12.7. The molecule has 0 fully saturated rings. The second-order valence-corrected chi connectivity index (χ2v) is 16.4. The number of ether oxygens (including phenoxy) is 3. The number of aryl methyl sites for hydroxylation is 1. The van der Waals surface area contributed by atoms with Gasteiger partial charge in [0.05, 0.1) is 22.3 Å². The number of hydrogen-bond donors (Lipinski definition) is 0. The molecule has 0 N–H and O–H groups in total. The fraction of sp³-hybridized carbons (Fsp3) is 0.0577. The molecule has 0 bridgehead atoms. The van der Waals surface area contributed by atoms with Gasteiger partial charge in [0.1, 0.15) is 28.7 Å². The van der Waals surface area contributed by atoms with Crippen molar-refractivity contribution in [1.29, 1.82) is 0 Å². The molecule has 8 aromatic carbocycles. The van der Waals surface area contributed by atoms with Gasteiger partial charge in [0.25, 0.3) is 0 Å². The highest BCUT2D eigenvalue weighted by Crippen LogP contribution is 2.56. The van der Waals surface area contributed by atoms with Crippen molar-refractivity contribution < 1.29 is 27.4 Å². The van der Waals surface area contributed by atoms with Crippen molar-refractivity contribution in [2.24, 2.45) is 0 Å². The van der Waals surface area contributed by atoms with Crippen LogP contribution >= 0.6 is 0 Å². The molecule has 7 heteroatoms. The molecule has 1 aliphatic rings. The zero-order chi connectivity index (χ0) is 40.6. The number of carbonyl (C=O) groups excluding carboxylic acids is 1. The SMILES string of the molecule is COc1ccc(C2(c3ccc(Oc4ccc(S(=O)(=O)c5ccc(Oc6ccc(C(=O)c7ccc(C)cc7)cc6)cc5)cc4)cc3)c3ccccc3-c3ccccc32)cc1. The highest BCUT2D eigenvalue weighted by molar-refractivity contribution is 7.91. The fourth-order valence-electron chi connectivity index (χ4n) is 7.97. The highest BCUT2D eigenvalue weighted by atomic mass is 32.2. The number of benzene rings is 8.